The van der Waals surface area contributed by atoms with Crippen LogP contribution in [-0.4, -0.2) is 41.7 Å². The van der Waals surface area contributed by atoms with Crippen LogP contribution in [0.2, 0.25) is 0 Å². The molecular formula is C19H25IN4S. The Balaban J connectivity index is 0.00000225. The van der Waals surface area contributed by atoms with Gasteiger partial charge in [0.2, 0.25) is 0 Å². The Bertz CT molecular complexity index is 651. The third kappa shape index (κ3) is 6.18. The second-order valence-corrected chi connectivity index (χ2v) is 7.04. The van der Waals surface area contributed by atoms with E-state index in [4.69, 9.17) is 0 Å². The number of halogens is 1. The number of pyridine rings is 1. The molecule has 1 fully saturated rings. The summed E-state index contributed by atoms with van der Waals surface area (Å²) in [6.45, 7) is 2.86. The van der Waals surface area contributed by atoms with Crippen molar-refractivity contribution in [2.24, 2.45) is 10.9 Å². The average Bonchev–Trinajstić information content (AvgIpc) is 3.11. The fourth-order valence-corrected chi connectivity index (χ4v) is 3.95. The van der Waals surface area contributed by atoms with Crippen LogP contribution in [0.25, 0.3) is 0 Å². The molecule has 0 radical (unpaired) electrons. The summed E-state index contributed by atoms with van der Waals surface area (Å²) < 4.78 is 0. The van der Waals surface area contributed by atoms with Crippen LogP contribution in [0, 0.1) is 5.92 Å². The van der Waals surface area contributed by atoms with Gasteiger partial charge in [0.05, 0.1) is 12.2 Å². The van der Waals surface area contributed by atoms with Gasteiger partial charge in [-0.15, -0.1) is 35.7 Å². The minimum atomic E-state index is 0. The fraction of sp³-hybridized carbons (Fsp3) is 0.368. The highest BCUT2D eigenvalue weighted by Crippen LogP contribution is 2.25. The van der Waals surface area contributed by atoms with Gasteiger partial charge in [-0.3, -0.25) is 9.98 Å². The van der Waals surface area contributed by atoms with Crippen molar-refractivity contribution < 1.29 is 0 Å². The summed E-state index contributed by atoms with van der Waals surface area (Å²) in [5.74, 6) is 2.86. The van der Waals surface area contributed by atoms with E-state index in [1.54, 1.807) is 0 Å². The Morgan fingerprint density at radius 1 is 1.24 bits per heavy atom. The zero-order valence-electron chi connectivity index (χ0n) is 14.5. The zero-order chi connectivity index (χ0) is 16.6. The molecule has 2 heterocycles. The van der Waals surface area contributed by atoms with E-state index in [1.807, 2.05) is 43.2 Å². The second kappa shape index (κ2) is 10.7. The third-order valence-electron chi connectivity index (χ3n) is 4.18. The molecule has 0 amide bonds. The van der Waals surface area contributed by atoms with Crippen LogP contribution in [0.3, 0.4) is 0 Å². The second-order valence-electron chi connectivity index (χ2n) is 5.95. The SMILES string of the molecule is CN=C(NCc1ccccn1)N1CCC(CSc2ccccc2)C1.I. The molecule has 1 aliphatic rings. The van der Waals surface area contributed by atoms with Crippen molar-refractivity contribution in [3.63, 3.8) is 0 Å². The van der Waals surface area contributed by atoms with Gasteiger partial charge in [0.25, 0.3) is 0 Å². The molecule has 0 spiro atoms. The van der Waals surface area contributed by atoms with Crippen molar-refractivity contribution in [1.82, 2.24) is 15.2 Å². The summed E-state index contributed by atoms with van der Waals surface area (Å²) in [7, 11) is 1.85. The average molecular weight is 468 g/mol. The Morgan fingerprint density at radius 3 is 2.76 bits per heavy atom. The molecule has 1 unspecified atom stereocenters. The maximum absolute atomic E-state index is 4.43. The van der Waals surface area contributed by atoms with Crippen molar-refractivity contribution in [1.29, 1.82) is 0 Å². The Morgan fingerprint density at radius 2 is 2.04 bits per heavy atom. The van der Waals surface area contributed by atoms with Gasteiger partial charge in [-0.2, -0.15) is 0 Å². The predicted molar refractivity (Wildman–Crippen MR) is 117 cm³/mol. The molecule has 0 aliphatic carbocycles. The van der Waals surface area contributed by atoms with Crippen LogP contribution in [0.1, 0.15) is 12.1 Å². The number of nitrogens with one attached hydrogen (secondary N) is 1. The summed E-state index contributed by atoms with van der Waals surface area (Å²) in [6.07, 6.45) is 3.05. The molecule has 25 heavy (non-hydrogen) atoms. The van der Waals surface area contributed by atoms with E-state index in [-0.39, 0.29) is 24.0 Å². The standard InChI is InChI=1S/C19H24N4S.HI/c1-20-19(22-13-17-7-5-6-11-21-17)23-12-10-16(14-23)15-24-18-8-3-2-4-9-18;/h2-9,11,16H,10,12-15H2,1H3,(H,20,22);1H. The Labute approximate surface area is 171 Å². The number of hydrogen-bond donors (Lipinski definition) is 1. The highest BCUT2D eigenvalue weighted by molar-refractivity contribution is 14.0. The Kier molecular flexibility index (Phi) is 8.54. The maximum atomic E-state index is 4.43. The van der Waals surface area contributed by atoms with Gasteiger partial charge in [-0.25, -0.2) is 0 Å². The first-order valence-electron chi connectivity index (χ1n) is 8.38. The summed E-state index contributed by atoms with van der Waals surface area (Å²) in [5.41, 5.74) is 1.04. The first kappa shape index (κ1) is 20.0. The normalized spacial score (nSPS) is 17.2. The number of aliphatic imine (C=N–C) groups is 1. The number of benzene rings is 1. The smallest absolute Gasteiger partial charge is 0.193 e. The number of thioether (sulfide) groups is 1. The number of nitrogens with zero attached hydrogens (tertiary/aromatic N) is 3. The molecule has 134 valence electrons. The van der Waals surface area contributed by atoms with E-state index in [1.165, 1.54) is 11.3 Å². The summed E-state index contributed by atoms with van der Waals surface area (Å²) in [4.78, 5) is 12.5. The number of rotatable bonds is 5. The highest BCUT2D eigenvalue weighted by Gasteiger charge is 2.24. The van der Waals surface area contributed by atoms with E-state index in [0.29, 0.717) is 12.5 Å². The molecule has 2 aromatic rings. The third-order valence-corrected chi connectivity index (χ3v) is 5.42. The molecule has 1 atom stereocenters. The molecule has 1 saturated heterocycles. The Hall–Kier alpha value is -1.28. The summed E-state index contributed by atoms with van der Waals surface area (Å²) in [6, 6.07) is 16.6. The molecule has 1 aromatic heterocycles. The molecular weight excluding hydrogens is 443 g/mol. The molecule has 3 rings (SSSR count). The summed E-state index contributed by atoms with van der Waals surface area (Å²) >= 11 is 1.95. The van der Waals surface area contributed by atoms with Gasteiger partial charge in [0, 0.05) is 37.0 Å². The lowest BCUT2D eigenvalue weighted by atomic mass is 10.2. The van der Waals surface area contributed by atoms with Crippen molar-refractivity contribution in [2.45, 2.75) is 17.9 Å². The molecule has 1 aliphatic heterocycles. The number of likely N-dealkylation sites (tertiary alicyclic amines) is 1. The van der Waals surface area contributed by atoms with Gasteiger partial charge in [-0.05, 0) is 36.6 Å². The van der Waals surface area contributed by atoms with E-state index in [0.717, 1.165) is 30.5 Å². The largest absolute Gasteiger partial charge is 0.351 e. The lowest BCUT2D eigenvalue weighted by Gasteiger charge is -2.21. The lowest BCUT2D eigenvalue weighted by molar-refractivity contribution is 0.473. The van der Waals surface area contributed by atoms with Gasteiger partial charge < -0.3 is 10.2 Å². The van der Waals surface area contributed by atoms with Crippen molar-refractivity contribution in [3.8, 4) is 0 Å². The number of guanidine groups is 1. The number of hydrogen-bond acceptors (Lipinski definition) is 3. The van der Waals surface area contributed by atoms with Crippen LogP contribution in [0.4, 0.5) is 0 Å². The first-order chi connectivity index (χ1) is 11.8. The first-order valence-corrected chi connectivity index (χ1v) is 9.37. The van der Waals surface area contributed by atoms with Crippen LogP contribution in [0.15, 0.2) is 64.6 Å². The van der Waals surface area contributed by atoms with E-state index in [9.17, 15) is 0 Å². The topological polar surface area (TPSA) is 40.5 Å². The molecule has 1 aromatic carbocycles. The highest BCUT2D eigenvalue weighted by atomic mass is 127. The molecule has 1 N–H and O–H groups in total. The maximum Gasteiger partial charge on any atom is 0.193 e. The van der Waals surface area contributed by atoms with Crippen molar-refractivity contribution >= 4 is 41.7 Å². The molecule has 6 heteroatoms. The molecule has 0 bridgehead atoms. The zero-order valence-corrected chi connectivity index (χ0v) is 17.6. The van der Waals surface area contributed by atoms with Gasteiger partial charge >= 0.3 is 0 Å². The minimum absolute atomic E-state index is 0. The van der Waals surface area contributed by atoms with Crippen molar-refractivity contribution in [3.05, 3.63) is 60.4 Å². The van der Waals surface area contributed by atoms with Crippen molar-refractivity contribution in [2.75, 3.05) is 25.9 Å². The van der Waals surface area contributed by atoms with Crippen LogP contribution >= 0.6 is 35.7 Å². The lowest BCUT2D eigenvalue weighted by Crippen LogP contribution is -2.39. The van der Waals surface area contributed by atoms with Crippen LogP contribution in [0.5, 0.6) is 0 Å². The van der Waals surface area contributed by atoms with E-state index < -0.39 is 0 Å². The fourth-order valence-electron chi connectivity index (χ4n) is 2.90. The van der Waals surface area contributed by atoms with Gasteiger partial charge in [-0.1, -0.05) is 24.3 Å². The van der Waals surface area contributed by atoms with Crippen LogP contribution < -0.4 is 5.32 Å². The van der Waals surface area contributed by atoms with Crippen LogP contribution in [-0.2, 0) is 6.54 Å². The van der Waals surface area contributed by atoms with E-state index in [2.05, 4.69) is 50.5 Å². The number of aromatic nitrogens is 1. The van der Waals surface area contributed by atoms with E-state index >= 15 is 0 Å². The van der Waals surface area contributed by atoms with Gasteiger partial charge in [0.15, 0.2) is 5.96 Å². The van der Waals surface area contributed by atoms with Gasteiger partial charge in [0.1, 0.15) is 0 Å². The molecule has 4 nitrogen and oxygen atoms in total. The summed E-state index contributed by atoms with van der Waals surface area (Å²) in [5, 5.41) is 3.43. The minimum Gasteiger partial charge on any atom is -0.351 e. The quantitative estimate of drug-likeness (QED) is 0.313. The predicted octanol–water partition coefficient (Wildman–Crippen LogP) is 3.89. The monoisotopic (exact) mass is 468 g/mol. The molecule has 0 saturated carbocycles.